The number of fused-ring (bicyclic) bond motifs is 1. The minimum absolute atomic E-state index is 0.237. The summed E-state index contributed by atoms with van der Waals surface area (Å²) in [4.78, 5) is 20.2. The summed E-state index contributed by atoms with van der Waals surface area (Å²) in [5, 5.41) is 15.8. The van der Waals surface area contributed by atoms with E-state index in [0.717, 1.165) is 22.4 Å². The standard InChI is InChI=1S/C28H32N6O4S/c1-6-28(2,3)34-26(30-31-32-34)25(33(16-19-9-7-11-38-19)17-20-10-8-12-39-20)21-13-18-14-23(36-4)24(37-5)15-22(18)29-27(21)35/h7-15,25H,6,16-17H2,1-5H3,(H,29,35)/t25-/m0/s1. The second-order valence-corrected chi connectivity index (χ2v) is 11.0. The number of ether oxygens (including phenoxy) is 2. The number of nitrogens with one attached hydrogen (secondary N) is 1. The predicted molar refractivity (Wildman–Crippen MR) is 149 cm³/mol. The predicted octanol–water partition coefficient (Wildman–Crippen LogP) is 5.12. The third kappa shape index (κ3) is 5.32. The number of thiophene rings is 1. The van der Waals surface area contributed by atoms with Gasteiger partial charge >= 0.3 is 0 Å². The Morgan fingerprint density at radius 2 is 1.92 bits per heavy atom. The van der Waals surface area contributed by atoms with Gasteiger partial charge in [-0.3, -0.25) is 9.69 Å². The van der Waals surface area contributed by atoms with Crippen LogP contribution in [0.5, 0.6) is 11.5 Å². The molecule has 11 heteroatoms. The summed E-state index contributed by atoms with van der Waals surface area (Å²) in [5.41, 5.74) is 0.542. The molecule has 0 radical (unpaired) electrons. The van der Waals surface area contributed by atoms with E-state index in [9.17, 15) is 4.79 Å². The first-order chi connectivity index (χ1) is 18.8. The Bertz CT molecular complexity index is 1550. The van der Waals surface area contributed by atoms with Crippen LogP contribution in [0.2, 0.25) is 0 Å². The lowest BCUT2D eigenvalue weighted by Crippen LogP contribution is -2.37. The molecule has 4 aromatic heterocycles. The molecule has 1 aromatic carbocycles. The fourth-order valence-electron chi connectivity index (χ4n) is 4.64. The van der Waals surface area contributed by atoms with E-state index >= 15 is 0 Å². The van der Waals surface area contributed by atoms with Gasteiger partial charge in [0, 0.05) is 28.4 Å². The van der Waals surface area contributed by atoms with E-state index in [1.54, 1.807) is 37.9 Å². The maximum absolute atomic E-state index is 13.8. The van der Waals surface area contributed by atoms with Crippen LogP contribution < -0.4 is 15.0 Å². The molecule has 0 saturated heterocycles. The number of H-pyrrole nitrogens is 1. The van der Waals surface area contributed by atoms with Crippen molar-refractivity contribution in [2.24, 2.45) is 0 Å². The Balaban J connectivity index is 1.74. The number of aromatic amines is 1. The number of tetrazole rings is 1. The summed E-state index contributed by atoms with van der Waals surface area (Å²) in [5.74, 6) is 2.46. The molecule has 0 aliphatic carbocycles. The number of hydrogen-bond acceptors (Lipinski definition) is 9. The molecule has 4 heterocycles. The van der Waals surface area contributed by atoms with Crippen LogP contribution in [0.3, 0.4) is 0 Å². The number of benzene rings is 1. The molecule has 5 rings (SSSR count). The van der Waals surface area contributed by atoms with Crippen LogP contribution in [0.25, 0.3) is 10.9 Å². The monoisotopic (exact) mass is 548 g/mol. The third-order valence-corrected chi connectivity index (χ3v) is 7.95. The Morgan fingerprint density at radius 3 is 2.59 bits per heavy atom. The zero-order valence-electron chi connectivity index (χ0n) is 22.7. The second kappa shape index (κ2) is 11.0. The molecule has 0 fully saturated rings. The van der Waals surface area contributed by atoms with Crippen molar-refractivity contribution in [3.8, 4) is 11.5 Å². The van der Waals surface area contributed by atoms with Gasteiger partial charge in [0.25, 0.3) is 5.56 Å². The summed E-state index contributed by atoms with van der Waals surface area (Å²) in [6.07, 6.45) is 2.45. The van der Waals surface area contributed by atoms with Gasteiger partial charge < -0.3 is 18.9 Å². The normalized spacial score (nSPS) is 12.8. The van der Waals surface area contributed by atoms with E-state index in [1.165, 1.54) is 0 Å². The minimum atomic E-state index is -0.584. The van der Waals surface area contributed by atoms with Gasteiger partial charge in [0.2, 0.25) is 0 Å². The van der Waals surface area contributed by atoms with Gasteiger partial charge in [-0.2, -0.15) is 0 Å². The van der Waals surface area contributed by atoms with Gasteiger partial charge in [-0.05, 0) is 66.4 Å². The van der Waals surface area contributed by atoms with Crippen molar-refractivity contribution in [1.29, 1.82) is 0 Å². The van der Waals surface area contributed by atoms with Crippen molar-refractivity contribution in [1.82, 2.24) is 30.1 Å². The van der Waals surface area contributed by atoms with Crippen LogP contribution in [0, 0.1) is 0 Å². The van der Waals surface area contributed by atoms with E-state index in [0.29, 0.717) is 41.5 Å². The molecular weight excluding hydrogens is 516 g/mol. The van der Waals surface area contributed by atoms with Crippen LogP contribution in [0.15, 0.2) is 63.3 Å². The number of nitrogens with zero attached hydrogens (tertiary/aromatic N) is 5. The molecule has 1 N–H and O–H groups in total. The molecule has 0 amide bonds. The number of methoxy groups -OCH3 is 2. The SMILES string of the molecule is CCC(C)(C)n1nnnc1[C@H](c1cc2cc(OC)c(OC)cc2[nH]c1=O)N(Cc1ccco1)Cc1cccs1. The highest BCUT2D eigenvalue weighted by Crippen LogP contribution is 2.35. The van der Waals surface area contributed by atoms with Gasteiger partial charge in [-0.25, -0.2) is 4.68 Å². The summed E-state index contributed by atoms with van der Waals surface area (Å²) >= 11 is 1.66. The van der Waals surface area contributed by atoms with E-state index in [4.69, 9.17) is 13.9 Å². The number of furan rings is 1. The molecule has 0 bridgehead atoms. The van der Waals surface area contributed by atoms with Gasteiger partial charge in [0.05, 0.1) is 38.1 Å². The van der Waals surface area contributed by atoms with E-state index < -0.39 is 6.04 Å². The van der Waals surface area contributed by atoms with E-state index in [-0.39, 0.29) is 11.1 Å². The molecular formula is C28H32N6O4S. The van der Waals surface area contributed by atoms with E-state index in [1.807, 2.05) is 40.4 Å². The molecule has 39 heavy (non-hydrogen) atoms. The Labute approximate surface area is 230 Å². The maximum Gasteiger partial charge on any atom is 0.253 e. The topological polar surface area (TPSA) is 111 Å². The van der Waals surface area contributed by atoms with Gasteiger partial charge in [-0.15, -0.1) is 16.4 Å². The van der Waals surface area contributed by atoms with Crippen molar-refractivity contribution in [3.05, 3.63) is 86.5 Å². The number of aromatic nitrogens is 5. The molecule has 0 saturated carbocycles. The summed E-state index contributed by atoms with van der Waals surface area (Å²) in [7, 11) is 3.16. The van der Waals surface area contributed by atoms with Gasteiger partial charge in [0.15, 0.2) is 17.3 Å². The van der Waals surface area contributed by atoms with Crippen molar-refractivity contribution < 1.29 is 13.9 Å². The average molecular weight is 549 g/mol. The average Bonchev–Trinajstić information content (AvgIpc) is 3.72. The lowest BCUT2D eigenvalue weighted by molar-refractivity contribution is 0.169. The highest BCUT2D eigenvalue weighted by Gasteiger charge is 2.35. The highest BCUT2D eigenvalue weighted by molar-refractivity contribution is 7.09. The zero-order valence-corrected chi connectivity index (χ0v) is 23.5. The van der Waals surface area contributed by atoms with Crippen LogP contribution in [0.1, 0.15) is 55.3 Å². The second-order valence-electron chi connectivity index (χ2n) is 9.93. The lowest BCUT2D eigenvalue weighted by atomic mass is 9.99. The third-order valence-electron chi connectivity index (χ3n) is 7.09. The number of pyridine rings is 1. The van der Waals surface area contributed by atoms with E-state index in [2.05, 4.69) is 52.2 Å². The molecule has 0 aliphatic rings. The van der Waals surface area contributed by atoms with Crippen LogP contribution >= 0.6 is 11.3 Å². The largest absolute Gasteiger partial charge is 0.493 e. The molecule has 0 aliphatic heterocycles. The molecule has 5 aromatic rings. The lowest BCUT2D eigenvalue weighted by Gasteiger charge is -2.33. The van der Waals surface area contributed by atoms with Crippen molar-refractivity contribution in [3.63, 3.8) is 0 Å². The summed E-state index contributed by atoms with van der Waals surface area (Å²) < 4.78 is 18.6. The van der Waals surface area contributed by atoms with Crippen molar-refractivity contribution in [2.75, 3.05) is 14.2 Å². The van der Waals surface area contributed by atoms with Gasteiger partial charge in [-0.1, -0.05) is 13.0 Å². The maximum atomic E-state index is 13.8. The first-order valence-corrected chi connectivity index (χ1v) is 13.6. The minimum Gasteiger partial charge on any atom is -0.493 e. The highest BCUT2D eigenvalue weighted by atomic mass is 32.1. The Kier molecular flexibility index (Phi) is 7.53. The fraction of sp³-hybridized carbons (Fsp3) is 0.357. The molecule has 204 valence electrons. The van der Waals surface area contributed by atoms with Crippen LogP contribution in [0.4, 0.5) is 0 Å². The van der Waals surface area contributed by atoms with Crippen LogP contribution in [-0.2, 0) is 18.6 Å². The molecule has 10 nitrogen and oxygen atoms in total. The number of hydrogen-bond donors (Lipinski definition) is 1. The first kappa shape index (κ1) is 26.6. The van der Waals surface area contributed by atoms with Crippen molar-refractivity contribution >= 4 is 22.2 Å². The molecule has 0 spiro atoms. The Morgan fingerprint density at radius 1 is 1.13 bits per heavy atom. The smallest absolute Gasteiger partial charge is 0.253 e. The van der Waals surface area contributed by atoms with Crippen molar-refractivity contribution in [2.45, 2.75) is 51.9 Å². The van der Waals surface area contributed by atoms with Crippen LogP contribution in [-0.4, -0.2) is 44.3 Å². The molecule has 0 unspecified atom stereocenters. The van der Waals surface area contributed by atoms with Gasteiger partial charge in [0.1, 0.15) is 11.8 Å². The molecule has 1 atom stereocenters. The first-order valence-electron chi connectivity index (χ1n) is 12.7. The number of rotatable bonds is 11. The summed E-state index contributed by atoms with van der Waals surface area (Å²) in [6, 6.07) is 12.8. The fourth-order valence-corrected chi connectivity index (χ4v) is 5.37. The Hall–Kier alpha value is -3.96. The summed E-state index contributed by atoms with van der Waals surface area (Å²) in [6.45, 7) is 7.27. The quantitative estimate of drug-likeness (QED) is 0.242. The zero-order chi connectivity index (χ0) is 27.6.